The molecule has 0 spiro atoms. The van der Waals surface area contributed by atoms with Crippen LogP contribution in [0.1, 0.15) is 10.4 Å². The number of halogens is 1. The number of sulfonamides is 1. The number of carbonyl (C=O) groups is 1. The summed E-state index contributed by atoms with van der Waals surface area (Å²) in [6.07, 6.45) is 0. The van der Waals surface area contributed by atoms with Gasteiger partial charge in [-0.2, -0.15) is 0 Å². The van der Waals surface area contributed by atoms with Crippen molar-refractivity contribution < 1.29 is 47.9 Å². The fourth-order valence-electron chi connectivity index (χ4n) is 0.815. The summed E-state index contributed by atoms with van der Waals surface area (Å²) in [5.74, 6) is -1.37. The van der Waals surface area contributed by atoms with E-state index < -0.39 is 16.0 Å². The molecule has 5 nitrogen and oxygen atoms in total. The zero-order valence-electron chi connectivity index (χ0n) is 7.73. The van der Waals surface area contributed by atoms with Crippen LogP contribution in [0.15, 0.2) is 29.2 Å². The Bertz CT molecular complexity index is 445. The van der Waals surface area contributed by atoms with E-state index in [-0.39, 0.29) is 40.0 Å². The van der Waals surface area contributed by atoms with Crippen molar-refractivity contribution in [3.63, 3.8) is 0 Å². The van der Waals surface area contributed by atoms with Crippen molar-refractivity contribution in [2.75, 3.05) is 0 Å². The number of carbonyl (C=O) groups excluding carboxylic acids is 1. The topological polar surface area (TPSA) is 86.3 Å². The van der Waals surface area contributed by atoms with Crippen LogP contribution in [-0.2, 0) is 10.0 Å². The predicted octanol–water partition coefficient (Wildman–Crippen LogP) is -3.51. The van der Waals surface area contributed by atoms with Crippen LogP contribution in [0, 0.1) is 0 Å². The van der Waals surface area contributed by atoms with Gasteiger partial charge in [-0.05, 0) is 29.5 Å². The van der Waals surface area contributed by atoms with Crippen molar-refractivity contribution in [2.45, 2.75) is 4.90 Å². The quantitative estimate of drug-likeness (QED) is 0.449. The van der Waals surface area contributed by atoms with Crippen LogP contribution in [0.25, 0.3) is 0 Å². The zero-order chi connectivity index (χ0) is 10.8. The van der Waals surface area contributed by atoms with Crippen molar-refractivity contribution in [1.82, 2.24) is 4.24 Å². The van der Waals surface area contributed by atoms with Gasteiger partial charge in [-0.1, -0.05) is 12.1 Å². The van der Waals surface area contributed by atoms with Gasteiger partial charge in [0.05, 0.1) is 10.9 Å². The fourth-order valence-corrected chi connectivity index (χ4v) is 1.67. The van der Waals surface area contributed by atoms with Crippen LogP contribution in [0.5, 0.6) is 0 Å². The van der Waals surface area contributed by atoms with Crippen molar-refractivity contribution in [2.24, 2.45) is 0 Å². The predicted molar refractivity (Wildman–Crippen MR) is 46.9 cm³/mol. The van der Waals surface area contributed by atoms with Gasteiger partial charge in [-0.25, -0.2) is 8.42 Å². The number of carboxylic acids is 1. The Morgan fingerprint density at radius 3 is 2.07 bits per heavy atom. The standard InChI is InChI=1S/C7H6ClNO4S.Na/c8-9-14(12,13)6-3-1-5(2-4-6)7(10)11;/h1-4,9H,(H,10,11);/q;+1/p-1. The molecule has 76 valence electrons. The van der Waals surface area contributed by atoms with Gasteiger partial charge in [0.25, 0.3) is 10.0 Å². The van der Waals surface area contributed by atoms with Gasteiger partial charge in [0.15, 0.2) is 0 Å². The molecule has 0 radical (unpaired) electrons. The van der Waals surface area contributed by atoms with E-state index in [0.29, 0.717) is 0 Å². The number of aromatic carboxylic acids is 1. The van der Waals surface area contributed by atoms with E-state index in [4.69, 9.17) is 11.8 Å². The van der Waals surface area contributed by atoms with Gasteiger partial charge in [0.1, 0.15) is 0 Å². The summed E-state index contributed by atoms with van der Waals surface area (Å²) in [6, 6.07) is 4.48. The van der Waals surface area contributed by atoms with Gasteiger partial charge in [0, 0.05) is 0 Å². The second kappa shape index (κ2) is 5.83. The van der Waals surface area contributed by atoms with Gasteiger partial charge in [-0.3, -0.25) is 0 Å². The monoisotopic (exact) mass is 257 g/mol. The van der Waals surface area contributed by atoms with Gasteiger partial charge in [-0.15, -0.1) is 4.24 Å². The second-order valence-electron chi connectivity index (χ2n) is 2.39. The first-order chi connectivity index (χ1) is 6.47. The largest absolute Gasteiger partial charge is 1.00 e. The number of hydrogen-bond acceptors (Lipinski definition) is 4. The third-order valence-corrected chi connectivity index (χ3v) is 3.21. The minimum atomic E-state index is -3.74. The van der Waals surface area contributed by atoms with E-state index in [9.17, 15) is 18.3 Å². The Balaban J connectivity index is 0.00000196. The summed E-state index contributed by atoms with van der Waals surface area (Å²) in [4.78, 5) is 10.2. The normalized spacial score (nSPS) is 10.5. The smallest absolute Gasteiger partial charge is 0.545 e. The van der Waals surface area contributed by atoms with E-state index in [1.165, 1.54) is 0 Å². The summed E-state index contributed by atoms with van der Waals surface area (Å²) in [5.41, 5.74) is -0.0986. The van der Waals surface area contributed by atoms with Crippen molar-refractivity contribution >= 4 is 27.8 Å². The van der Waals surface area contributed by atoms with E-state index >= 15 is 0 Å². The van der Waals surface area contributed by atoms with Gasteiger partial charge >= 0.3 is 29.6 Å². The molecule has 0 unspecified atom stereocenters. The average molecular weight is 258 g/mol. The molecule has 1 rings (SSSR count). The number of hydrogen-bond donors (Lipinski definition) is 1. The molecule has 0 aliphatic heterocycles. The second-order valence-corrected chi connectivity index (χ2v) is 4.49. The summed E-state index contributed by atoms with van der Waals surface area (Å²) in [5, 5.41) is 10.3. The van der Waals surface area contributed by atoms with E-state index in [1.807, 2.05) is 0 Å². The molecule has 0 aliphatic rings. The number of carboxylic acid groups (broad SMARTS) is 1. The summed E-state index contributed by atoms with van der Waals surface area (Å²) in [6.45, 7) is 0. The molecule has 1 aromatic rings. The van der Waals surface area contributed by atoms with Crippen molar-refractivity contribution in [3.8, 4) is 0 Å². The maximum absolute atomic E-state index is 11.1. The Kier molecular flexibility index (Phi) is 5.79. The zero-order valence-corrected chi connectivity index (χ0v) is 11.3. The molecule has 0 aromatic heterocycles. The molecule has 0 atom stereocenters. The van der Waals surface area contributed by atoms with Crippen LogP contribution < -0.4 is 38.9 Å². The molecule has 0 saturated carbocycles. The van der Waals surface area contributed by atoms with Crippen LogP contribution in [0.2, 0.25) is 0 Å². The minimum Gasteiger partial charge on any atom is -0.545 e. The van der Waals surface area contributed by atoms with Gasteiger partial charge in [0.2, 0.25) is 0 Å². The van der Waals surface area contributed by atoms with Crippen LogP contribution in [0.4, 0.5) is 0 Å². The maximum atomic E-state index is 11.1. The maximum Gasteiger partial charge on any atom is 1.00 e. The van der Waals surface area contributed by atoms with Gasteiger partial charge < -0.3 is 9.90 Å². The molecule has 15 heavy (non-hydrogen) atoms. The third-order valence-electron chi connectivity index (χ3n) is 1.50. The third kappa shape index (κ3) is 3.75. The fraction of sp³-hybridized carbons (Fsp3) is 0. The molecule has 8 heteroatoms. The first kappa shape index (κ1) is 14.9. The molecule has 1 N–H and O–H groups in total. The van der Waals surface area contributed by atoms with Crippen LogP contribution in [-0.4, -0.2) is 14.4 Å². The first-order valence-electron chi connectivity index (χ1n) is 3.41. The Hall–Kier alpha value is -0.110. The van der Waals surface area contributed by atoms with E-state index in [0.717, 1.165) is 24.3 Å². The Morgan fingerprint density at radius 1 is 1.27 bits per heavy atom. The molecular weight excluding hydrogens is 253 g/mol. The van der Waals surface area contributed by atoms with Crippen molar-refractivity contribution in [3.05, 3.63) is 29.8 Å². The molecule has 0 amide bonds. The first-order valence-corrected chi connectivity index (χ1v) is 5.27. The molecule has 0 saturated heterocycles. The Morgan fingerprint density at radius 2 is 1.73 bits per heavy atom. The Labute approximate surface area is 114 Å². The van der Waals surface area contributed by atoms with Crippen LogP contribution in [0.3, 0.4) is 0 Å². The summed E-state index contributed by atoms with van der Waals surface area (Å²) in [7, 11) is -3.74. The molecule has 0 fully saturated rings. The molecule has 1 aromatic carbocycles. The number of rotatable bonds is 3. The number of benzene rings is 1. The van der Waals surface area contributed by atoms with E-state index in [2.05, 4.69) is 0 Å². The molecule has 0 aliphatic carbocycles. The summed E-state index contributed by atoms with van der Waals surface area (Å²) < 4.78 is 23.7. The summed E-state index contributed by atoms with van der Waals surface area (Å²) >= 11 is 4.96. The van der Waals surface area contributed by atoms with E-state index in [1.54, 1.807) is 4.24 Å². The minimum absolute atomic E-state index is 0. The molecular formula is C7H5ClNNaO4S. The number of nitrogens with one attached hydrogen (secondary N) is 1. The average Bonchev–Trinajstić information content (AvgIpc) is 2.18. The van der Waals surface area contributed by atoms with Crippen LogP contribution >= 0.6 is 11.8 Å². The van der Waals surface area contributed by atoms with Crippen molar-refractivity contribution in [1.29, 1.82) is 0 Å². The SMILES string of the molecule is O=C([O-])c1ccc(S(=O)(=O)NCl)cc1.[Na+]. The molecule has 0 bridgehead atoms. The molecule has 0 heterocycles.